The summed E-state index contributed by atoms with van der Waals surface area (Å²) in [7, 11) is 0. The van der Waals surface area contributed by atoms with Gasteiger partial charge in [0.25, 0.3) is 0 Å². The van der Waals surface area contributed by atoms with Gasteiger partial charge in [0.2, 0.25) is 0 Å². The van der Waals surface area contributed by atoms with Crippen LogP contribution < -0.4 is 0 Å². The van der Waals surface area contributed by atoms with Gasteiger partial charge in [-0.3, -0.25) is 0 Å². The van der Waals surface area contributed by atoms with Gasteiger partial charge in [-0.1, -0.05) is 0 Å². The topological polar surface area (TPSA) is 0 Å². The van der Waals surface area contributed by atoms with E-state index in [2.05, 4.69) is 233 Å². The van der Waals surface area contributed by atoms with Gasteiger partial charge in [-0.15, -0.1) is 0 Å². The van der Waals surface area contributed by atoms with E-state index in [1.165, 1.54) is 30.6 Å². The Morgan fingerprint density at radius 3 is 1.10 bits per heavy atom. The molecule has 4 aliphatic rings. The first-order valence-corrected chi connectivity index (χ1v) is 80.9. The second kappa shape index (κ2) is 14.3. The SMILES string of the molecule is C[Si](C)=[Hf]([CH]1C=Cc2ccccc21)([CH]1C=Cc2ccccc21)[HfH2]([CH2]c1ccccc1)([CH2]c1ccccc1)([CH]1C=Cc2ccccc21)([CH]1C=Cc2ccccc21)=[Si](C)C. The van der Waals surface area contributed by atoms with Crippen LogP contribution in [0.2, 0.25) is 26.2 Å². The molecule has 4 unspecified atom stereocenters. The molecule has 6 aromatic rings. The molecule has 6 aromatic carbocycles. The van der Waals surface area contributed by atoms with Gasteiger partial charge >= 0.3 is 347 Å². The van der Waals surface area contributed by atoms with E-state index in [1.807, 2.05) is 0 Å². The average molecular weight is 1120 g/mol. The number of hydrogen-bond acceptors (Lipinski definition) is 0. The normalized spacial score (nSPS) is 21.7. The zero-order valence-corrected chi connectivity index (χ0v) is 45.2. The number of hydrogen-bond donors (Lipinski definition) is 0. The molecule has 0 N–H and O–H groups in total. The standard InChI is InChI=1S/4C9H7.2C7H7.2C2H6Si.2Hf.2H/c4*1-2-5-9-7-3-6-8(9)4-1;2*1-7-5-3-2-4-6-7;2*1-3-2;;;;/h4*1-7H;2*2-6H,1H2;2*1-2H3;;;;. The molecule has 0 fully saturated rings. The van der Waals surface area contributed by atoms with Crippen LogP contribution >= 0.6 is 0 Å². The maximum atomic E-state index is 2.92. The van der Waals surface area contributed by atoms with Gasteiger partial charge < -0.3 is 0 Å². The molecule has 0 heterocycles. The van der Waals surface area contributed by atoms with Gasteiger partial charge in [-0.2, -0.15) is 0 Å². The van der Waals surface area contributed by atoms with Gasteiger partial charge in [0.1, 0.15) is 0 Å². The molecule has 58 heavy (non-hydrogen) atoms. The number of benzene rings is 6. The molecule has 4 aliphatic carbocycles. The minimum absolute atomic E-state index is 0.398. The first kappa shape index (κ1) is 38.6. The Morgan fingerprint density at radius 1 is 0.397 bits per heavy atom. The molecule has 0 radical (unpaired) electrons. The fourth-order valence-electron chi connectivity index (χ4n) is 18.5. The van der Waals surface area contributed by atoms with E-state index in [1.54, 1.807) is 33.4 Å². The van der Waals surface area contributed by atoms with Gasteiger partial charge in [-0.25, -0.2) is 0 Å². The number of allylic oxidation sites excluding steroid dienone is 4. The molecule has 0 bridgehead atoms. The predicted octanol–water partition coefficient (Wildman–Crippen LogP) is 13.7. The van der Waals surface area contributed by atoms with Crippen LogP contribution in [0.4, 0.5) is 0 Å². The third kappa shape index (κ3) is 4.84. The van der Waals surface area contributed by atoms with Crippen LogP contribution in [0.5, 0.6) is 0 Å². The Bertz CT molecular complexity index is 2720. The first-order chi connectivity index (χ1) is 28.3. The van der Waals surface area contributed by atoms with E-state index >= 15 is 0 Å². The Morgan fingerprint density at radius 2 is 0.724 bits per heavy atom. The molecule has 0 spiro atoms. The third-order valence-corrected chi connectivity index (χ3v) is 604. The van der Waals surface area contributed by atoms with Crippen molar-refractivity contribution in [3.05, 3.63) is 238 Å². The van der Waals surface area contributed by atoms with Gasteiger partial charge in [0, 0.05) is 0 Å². The minimum atomic E-state index is -6.17. The molecule has 4 heteroatoms. The monoisotopic (exact) mass is 1120 g/mol. The van der Waals surface area contributed by atoms with Gasteiger partial charge in [0.15, 0.2) is 0 Å². The second-order valence-corrected chi connectivity index (χ2v) is 265. The summed E-state index contributed by atoms with van der Waals surface area (Å²) < 4.78 is 4.24. The van der Waals surface area contributed by atoms with E-state index < -0.39 is 35.9 Å². The zero-order valence-electron chi connectivity index (χ0n) is 34.6. The molecule has 4 atom stereocenters. The molecule has 10 rings (SSSR count). The van der Waals surface area contributed by atoms with Crippen molar-refractivity contribution < 1.29 is 24.9 Å². The molecular formula is C54H56Hf2Si2. The molecule has 0 saturated carbocycles. The van der Waals surface area contributed by atoms with Crippen molar-refractivity contribution in [3.8, 4) is 0 Å². The Kier molecular flexibility index (Phi) is 9.52. The molecule has 0 amide bonds. The van der Waals surface area contributed by atoms with Gasteiger partial charge in [0.05, 0.1) is 0 Å². The summed E-state index contributed by atoms with van der Waals surface area (Å²) in [6, 6.07) is 63.1. The molecule has 0 aromatic heterocycles. The molecule has 0 aliphatic heterocycles. The van der Waals surface area contributed by atoms with Crippen LogP contribution in [0, 0.1) is 0 Å². The Labute approximate surface area is 343 Å². The van der Waals surface area contributed by atoms with Crippen LogP contribution in [0.25, 0.3) is 24.3 Å². The van der Waals surface area contributed by atoms with Crippen LogP contribution in [0.1, 0.15) is 70.3 Å². The number of rotatable bonds is 9. The van der Waals surface area contributed by atoms with E-state index in [9.17, 15) is 0 Å². The second-order valence-electron chi connectivity index (χ2n) is 20.6. The van der Waals surface area contributed by atoms with Crippen molar-refractivity contribution in [2.24, 2.45) is 0 Å². The fourth-order valence-corrected chi connectivity index (χ4v) is 906. The molecule has 0 saturated heterocycles. The summed E-state index contributed by atoms with van der Waals surface area (Å²) in [5.41, 5.74) is 13.4. The van der Waals surface area contributed by atoms with Crippen molar-refractivity contribution in [1.29, 1.82) is 0 Å². The van der Waals surface area contributed by atoms with Crippen molar-refractivity contribution in [2.45, 2.75) is 49.2 Å². The molecule has 0 nitrogen and oxygen atoms in total. The molecular weight excluding hydrogens is 1060 g/mol. The molecule has 288 valence electrons. The van der Waals surface area contributed by atoms with Crippen molar-refractivity contribution >= 4 is 35.3 Å². The predicted molar refractivity (Wildman–Crippen MR) is 251 cm³/mol. The maximum absolute atomic E-state index is 6.17. The third-order valence-electron chi connectivity index (χ3n) is 19.7. The van der Waals surface area contributed by atoms with E-state index in [0.717, 1.165) is 0 Å². The van der Waals surface area contributed by atoms with Crippen molar-refractivity contribution in [3.63, 3.8) is 0 Å². The van der Waals surface area contributed by atoms with E-state index in [0.29, 0.717) is 14.7 Å². The van der Waals surface area contributed by atoms with Crippen molar-refractivity contribution in [1.82, 2.24) is 0 Å². The van der Waals surface area contributed by atoms with E-state index in [4.69, 9.17) is 0 Å². The Balaban J connectivity index is 1.58. The summed E-state index contributed by atoms with van der Waals surface area (Å²) in [4.78, 5) is 0. The summed E-state index contributed by atoms with van der Waals surface area (Å²) in [5.74, 6) is 0. The van der Waals surface area contributed by atoms with Crippen LogP contribution in [-0.4, -0.2) is 11.0 Å². The Hall–Kier alpha value is -3.55. The van der Waals surface area contributed by atoms with Crippen LogP contribution in [-0.2, 0) is 33.3 Å². The van der Waals surface area contributed by atoms with Crippen LogP contribution in [0.15, 0.2) is 182 Å². The average Bonchev–Trinajstić information content (AvgIpc) is 4.08. The number of fused-ring (bicyclic) bond motifs is 4. The van der Waals surface area contributed by atoms with Crippen molar-refractivity contribution in [2.75, 3.05) is 0 Å². The van der Waals surface area contributed by atoms with Crippen LogP contribution in [0.3, 0.4) is 0 Å². The zero-order chi connectivity index (χ0) is 39.6. The summed E-state index contributed by atoms with van der Waals surface area (Å²) in [6.07, 6.45) is 21.9. The van der Waals surface area contributed by atoms with Gasteiger partial charge in [-0.05, 0) is 0 Å². The first-order valence-electron chi connectivity index (χ1n) is 22.2. The van der Waals surface area contributed by atoms with E-state index in [-0.39, 0.29) is 0 Å². The summed E-state index contributed by atoms with van der Waals surface area (Å²) in [5, 5.41) is 0. The quantitative estimate of drug-likeness (QED) is 0.127. The summed E-state index contributed by atoms with van der Waals surface area (Å²) in [6.45, 7) is 11.6. The summed E-state index contributed by atoms with van der Waals surface area (Å²) >= 11 is -10.7. The fraction of sp³-hybridized carbons (Fsp3) is 0.185.